The standard InChI is InChI=1S/C22H23ClN2O4/c1-22(2,29-17-8-5-16(23)6-9-17)21(27)24-11-10-15-12-14-4-7-18(28-3)13-19(14)25-20(15)26/h4-9,12-13H,10-11H2,1-3H3,(H,24,27)(H,25,26). The smallest absolute Gasteiger partial charge is 0.263 e. The second-order valence-corrected chi connectivity index (χ2v) is 7.59. The first-order valence-electron chi connectivity index (χ1n) is 9.21. The Kier molecular flexibility index (Phi) is 6.13. The number of carbonyl (C=O) groups is 1. The number of pyridine rings is 1. The molecular formula is C22H23ClN2O4. The van der Waals surface area contributed by atoms with Crippen LogP contribution in [0.25, 0.3) is 10.9 Å². The molecule has 152 valence electrons. The summed E-state index contributed by atoms with van der Waals surface area (Å²) >= 11 is 5.87. The Labute approximate surface area is 173 Å². The summed E-state index contributed by atoms with van der Waals surface area (Å²) < 4.78 is 11.0. The van der Waals surface area contributed by atoms with Gasteiger partial charge in [-0.2, -0.15) is 0 Å². The highest BCUT2D eigenvalue weighted by Crippen LogP contribution is 2.21. The van der Waals surface area contributed by atoms with E-state index in [1.54, 1.807) is 51.3 Å². The molecule has 0 saturated carbocycles. The number of carbonyl (C=O) groups excluding carboxylic acids is 1. The summed E-state index contributed by atoms with van der Waals surface area (Å²) in [6.07, 6.45) is 0.403. The van der Waals surface area contributed by atoms with Gasteiger partial charge in [0.2, 0.25) is 0 Å². The van der Waals surface area contributed by atoms with Crippen LogP contribution >= 0.6 is 11.6 Å². The summed E-state index contributed by atoms with van der Waals surface area (Å²) in [6.45, 7) is 3.69. The van der Waals surface area contributed by atoms with Gasteiger partial charge in [-0.15, -0.1) is 0 Å². The van der Waals surface area contributed by atoms with Crippen molar-refractivity contribution in [1.82, 2.24) is 10.3 Å². The lowest BCUT2D eigenvalue weighted by molar-refractivity contribution is -0.134. The van der Waals surface area contributed by atoms with Crippen molar-refractivity contribution in [3.05, 3.63) is 69.5 Å². The van der Waals surface area contributed by atoms with Gasteiger partial charge in [-0.1, -0.05) is 11.6 Å². The van der Waals surface area contributed by atoms with Gasteiger partial charge in [0.1, 0.15) is 11.5 Å². The van der Waals surface area contributed by atoms with Crippen molar-refractivity contribution in [2.45, 2.75) is 25.9 Å². The van der Waals surface area contributed by atoms with Crippen LogP contribution in [0.3, 0.4) is 0 Å². The highest BCUT2D eigenvalue weighted by molar-refractivity contribution is 6.30. The fourth-order valence-corrected chi connectivity index (χ4v) is 3.03. The molecule has 2 N–H and O–H groups in total. The van der Waals surface area contributed by atoms with E-state index in [2.05, 4.69) is 10.3 Å². The van der Waals surface area contributed by atoms with Gasteiger partial charge in [-0.3, -0.25) is 9.59 Å². The van der Waals surface area contributed by atoms with Crippen LogP contribution in [0.15, 0.2) is 53.3 Å². The monoisotopic (exact) mass is 414 g/mol. The molecule has 0 aliphatic carbocycles. The predicted molar refractivity (Wildman–Crippen MR) is 114 cm³/mol. The molecule has 6 nitrogen and oxygen atoms in total. The number of nitrogens with one attached hydrogen (secondary N) is 2. The number of hydrogen-bond acceptors (Lipinski definition) is 4. The van der Waals surface area contributed by atoms with E-state index in [4.69, 9.17) is 21.1 Å². The molecule has 1 heterocycles. The third-order valence-corrected chi connectivity index (χ3v) is 4.80. The van der Waals surface area contributed by atoms with Crippen LogP contribution in [0.1, 0.15) is 19.4 Å². The molecule has 3 rings (SSSR count). The van der Waals surface area contributed by atoms with Gasteiger partial charge >= 0.3 is 0 Å². The van der Waals surface area contributed by atoms with E-state index < -0.39 is 5.60 Å². The Hall–Kier alpha value is -2.99. The number of hydrogen-bond donors (Lipinski definition) is 2. The molecule has 0 aliphatic heterocycles. The summed E-state index contributed by atoms with van der Waals surface area (Å²) in [5.74, 6) is 0.960. The molecule has 3 aromatic rings. The Bertz CT molecular complexity index is 1070. The zero-order valence-electron chi connectivity index (χ0n) is 16.5. The highest BCUT2D eigenvalue weighted by atomic mass is 35.5. The second-order valence-electron chi connectivity index (χ2n) is 7.15. The summed E-state index contributed by atoms with van der Waals surface area (Å²) in [5, 5.41) is 4.33. The molecule has 29 heavy (non-hydrogen) atoms. The summed E-state index contributed by atoms with van der Waals surface area (Å²) in [7, 11) is 1.58. The summed E-state index contributed by atoms with van der Waals surface area (Å²) in [4.78, 5) is 27.7. The average molecular weight is 415 g/mol. The van der Waals surface area contributed by atoms with Gasteiger partial charge in [0.05, 0.1) is 12.6 Å². The Morgan fingerprint density at radius 3 is 2.48 bits per heavy atom. The maximum atomic E-state index is 12.5. The number of aromatic nitrogens is 1. The molecule has 0 radical (unpaired) electrons. The normalized spacial score (nSPS) is 11.3. The molecule has 0 unspecified atom stereocenters. The fourth-order valence-electron chi connectivity index (χ4n) is 2.91. The van der Waals surface area contributed by atoms with Crippen molar-refractivity contribution < 1.29 is 14.3 Å². The van der Waals surface area contributed by atoms with Gasteiger partial charge in [-0.05, 0) is 68.1 Å². The molecular weight excluding hydrogens is 392 g/mol. The third-order valence-electron chi connectivity index (χ3n) is 4.54. The molecule has 1 aromatic heterocycles. The topological polar surface area (TPSA) is 80.4 Å². The Balaban J connectivity index is 1.62. The molecule has 2 aromatic carbocycles. The number of rotatable bonds is 7. The van der Waals surface area contributed by atoms with Gasteiger partial charge in [0, 0.05) is 23.2 Å². The van der Waals surface area contributed by atoms with Crippen LogP contribution in [0, 0.1) is 0 Å². The van der Waals surface area contributed by atoms with Crippen LogP contribution in [0.2, 0.25) is 5.02 Å². The van der Waals surface area contributed by atoms with Gasteiger partial charge in [-0.25, -0.2) is 0 Å². The van der Waals surface area contributed by atoms with Crippen molar-refractivity contribution in [3.63, 3.8) is 0 Å². The van der Waals surface area contributed by atoms with Crippen LogP contribution in [-0.4, -0.2) is 30.1 Å². The van der Waals surface area contributed by atoms with E-state index >= 15 is 0 Å². The zero-order chi connectivity index (χ0) is 21.0. The van der Waals surface area contributed by atoms with E-state index in [-0.39, 0.29) is 11.5 Å². The first-order chi connectivity index (χ1) is 13.8. The number of fused-ring (bicyclic) bond motifs is 1. The lowest BCUT2D eigenvalue weighted by atomic mass is 10.1. The van der Waals surface area contributed by atoms with Gasteiger partial charge < -0.3 is 19.8 Å². The molecule has 0 atom stereocenters. The number of benzene rings is 2. The van der Waals surface area contributed by atoms with Crippen LogP contribution in [-0.2, 0) is 11.2 Å². The minimum atomic E-state index is -1.07. The van der Waals surface area contributed by atoms with E-state index in [1.165, 1.54) is 0 Å². The van der Waals surface area contributed by atoms with Crippen molar-refractivity contribution in [1.29, 1.82) is 0 Å². The SMILES string of the molecule is COc1ccc2cc(CCNC(=O)C(C)(C)Oc3ccc(Cl)cc3)c(=O)[nH]c2c1. The Morgan fingerprint density at radius 2 is 1.79 bits per heavy atom. The number of methoxy groups -OCH3 is 1. The molecule has 7 heteroatoms. The lowest BCUT2D eigenvalue weighted by Crippen LogP contribution is -2.47. The van der Waals surface area contributed by atoms with E-state index in [9.17, 15) is 9.59 Å². The van der Waals surface area contributed by atoms with Crippen LogP contribution in [0.4, 0.5) is 0 Å². The molecule has 0 spiro atoms. The molecule has 0 bridgehead atoms. The minimum Gasteiger partial charge on any atom is -0.497 e. The van der Waals surface area contributed by atoms with Crippen LogP contribution < -0.4 is 20.3 Å². The third kappa shape index (κ3) is 5.09. The highest BCUT2D eigenvalue weighted by Gasteiger charge is 2.29. The summed E-state index contributed by atoms with van der Waals surface area (Å²) in [5.41, 5.74) is 0.0518. The number of aromatic amines is 1. The maximum Gasteiger partial charge on any atom is 0.263 e. The molecule has 1 amide bonds. The van der Waals surface area contributed by atoms with E-state index in [0.717, 1.165) is 5.39 Å². The number of ether oxygens (including phenoxy) is 2. The van der Waals surface area contributed by atoms with Crippen molar-refractivity contribution in [2.24, 2.45) is 0 Å². The Morgan fingerprint density at radius 1 is 1.10 bits per heavy atom. The quantitative estimate of drug-likeness (QED) is 0.617. The van der Waals surface area contributed by atoms with Gasteiger partial charge in [0.25, 0.3) is 11.5 Å². The minimum absolute atomic E-state index is 0.184. The molecule has 0 fully saturated rings. The number of amides is 1. The predicted octanol–water partition coefficient (Wildman–Crippen LogP) is 3.71. The van der Waals surface area contributed by atoms with Crippen molar-refractivity contribution in [3.8, 4) is 11.5 Å². The largest absolute Gasteiger partial charge is 0.497 e. The average Bonchev–Trinajstić information content (AvgIpc) is 2.69. The van der Waals surface area contributed by atoms with E-state index in [0.29, 0.717) is 40.6 Å². The van der Waals surface area contributed by atoms with Crippen molar-refractivity contribution >= 4 is 28.4 Å². The summed E-state index contributed by atoms with van der Waals surface area (Å²) in [6, 6.07) is 14.1. The number of halogens is 1. The first-order valence-corrected chi connectivity index (χ1v) is 9.59. The second kappa shape index (κ2) is 8.57. The molecule has 0 saturated heterocycles. The van der Waals surface area contributed by atoms with Gasteiger partial charge in [0.15, 0.2) is 5.60 Å². The lowest BCUT2D eigenvalue weighted by Gasteiger charge is -2.25. The fraction of sp³-hybridized carbons (Fsp3) is 0.273. The van der Waals surface area contributed by atoms with E-state index in [1.807, 2.05) is 18.2 Å². The number of H-pyrrole nitrogens is 1. The van der Waals surface area contributed by atoms with Crippen molar-refractivity contribution in [2.75, 3.05) is 13.7 Å². The maximum absolute atomic E-state index is 12.5. The zero-order valence-corrected chi connectivity index (χ0v) is 17.3. The first kappa shape index (κ1) is 20.7. The van der Waals surface area contributed by atoms with Crippen LogP contribution in [0.5, 0.6) is 11.5 Å². The molecule has 0 aliphatic rings.